The Morgan fingerprint density at radius 3 is 2.46 bits per heavy atom. The molecule has 2 amide bonds. The zero-order valence-corrected chi connectivity index (χ0v) is 17.2. The second kappa shape index (κ2) is 11.8. The minimum absolute atomic E-state index is 0.128. The van der Waals surface area contributed by atoms with Crippen molar-refractivity contribution in [3.8, 4) is 5.75 Å². The van der Waals surface area contributed by atoms with Crippen molar-refractivity contribution in [2.75, 3.05) is 30.0 Å². The highest BCUT2D eigenvalue weighted by Crippen LogP contribution is 2.27. The van der Waals surface area contributed by atoms with Gasteiger partial charge in [-0.05, 0) is 48.9 Å². The van der Waals surface area contributed by atoms with Crippen molar-refractivity contribution in [3.63, 3.8) is 0 Å². The number of anilines is 1. The van der Waals surface area contributed by atoms with Gasteiger partial charge in [0.25, 0.3) is 0 Å². The van der Waals surface area contributed by atoms with Crippen LogP contribution in [0.5, 0.6) is 5.75 Å². The number of carbonyl (C=O) groups excluding carboxylic acids is 2. The topological polar surface area (TPSA) is 67.4 Å². The number of halogens is 3. The van der Waals surface area contributed by atoms with Crippen molar-refractivity contribution < 1.29 is 18.7 Å². The van der Waals surface area contributed by atoms with Crippen molar-refractivity contribution in [3.05, 3.63) is 58.3 Å². The minimum atomic E-state index is -0.370. The van der Waals surface area contributed by atoms with E-state index >= 15 is 0 Å². The molecular formula is C19H19Cl2FN2O3S. The molecule has 2 aromatic carbocycles. The quantitative estimate of drug-likeness (QED) is 0.533. The first-order valence-electron chi connectivity index (χ1n) is 8.42. The van der Waals surface area contributed by atoms with Crippen LogP contribution >= 0.6 is 35.0 Å². The van der Waals surface area contributed by atoms with Crippen LogP contribution in [0.25, 0.3) is 0 Å². The standard InChI is InChI=1S/C19H19Cl2FN2O3S/c20-13-2-7-17(16(21)10-13)27-9-1-8-23-18(25)11-28-12-19(26)24-15-5-3-14(22)4-6-15/h2-7,10H,1,8-9,11-12H2,(H,23,25)(H,24,26). The number of benzene rings is 2. The lowest BCUT2D eigenvalue weighted by Gasteiger charge is -2.09. The van der Waals surface area contributed by atoms with Crippen LogP contribution in [0.1, 0.15) is 6.42 Å². The van der Waals surface area contributed by atoms with Crippen LogP contribution in [0.4, 0.5) is 10.1 Å². The summed E-state index contributed by atoms with van der Waals surface area (Å²) in [6.45, 7) is 0.848. The van der Waals surface area contributed by atoms with E-state index in [2.05, 4.69) is 10.6 Å². The molecule has 0 saturated carbocycles. The van der Waals surface area contributed by atoms with Crippen LogP contribution in [-0.4, -0.2) is 36.5 Å². The highest BCUT2D eigenvalue weighted by atomic mass is 35.5. The molecule has 0 bridgehead atoms. The van der Waals surface area contributed by atoms with E-state index in [4.69, 9.17) is 27.9 Å². The Balaban J connectivity index is 1.53. The second-order valence-electron chi connectivity index (χ2n) is 5.67. The van der Waals surface area contributed by atoms with Crippen molar-refractivity contribution in [2.45, 2.75) is 6.42 Å². The van der Waals surface area contributed by atoms with E-state index in [0.29, 0.717) is 41.1 Å². The number of hydrogen-bond acceptors (Lipinski definition) is 4. The molecule has 0 radical (unpaired) electrons. The van der Waals surface area contributed by atoms with Gasteiger partial charge in [0.05, 0.1) is 23.1 Å². The van der Waals surface area contributed by atoms with Crippen LogP contribution in [0.3, 0.4) is 0 Å². The van der Waals surface area contributed by atoms with E-state index in [9.17, 15) is 14.0 Å². The van der Waals surface area contributed by atoms with Crippen LogP contribution < -0.4 is 15.4 Å². The van der Waals surface area contributed by atoms with E-state index in [1.807, 2.05) is 0 Å². The van der Waals surface area contributed by atoms with Gasteiger partial charge in [0, 0.05) is 17.3 Å². The molecule has 150 valence electrons. The van der Waals surface area contributed by atoms with Gasteiger partial charge in [-0.15, -0.1) is 11.8 Å². The summed E-state index contributed by atoms with van der Waals surface area (Å²) < 4.78 is 18.3. The van der Waals surface area contributed by atoms with E-state index in [1.54, 1.807) is 18.2 Å². The lowest BCUT2D eigenvalue weighted by Crippen LogP contribution is -2.28. The third-order valence-corrected chi connectivity index (χ3v) is 4.85. The Morgan fingerprint density at radius 1 is 1.04 bits per heavy atom. The maximum atomic E-state index is 12.8. The highest BCUT2D eigenvalue weighted by Gasteiger charge is 2.07. The Kier molecular flexibility index (Phi) is 9.40. The fourth-order valence-electron chi connectivity index (χ4n) is 2.09. The molecule has 0 aliphatic heterocycles. The van der Waals surface area contributed by atoms with Crippen LogP contribution in [0.15, 0.2) is 42.5 Å². The SMILES string of the molecule is O=C(CSCC(=O)Nc1ccc(F)cc1)NCCCOc1ccc(Cl)cc1Cl. The molecule has 0 aromatic heterocycles. The molecule has 2 rings (SSSR count). The molecule has 0 unspecified atom stereocenters. The largest absolute Gasteiger partial charge is 0.492 e. The van der Waals surface area contributed by atoms with E-state index in [0.717, 1.165) is 0 Å². The first-order chi connectivity index (χ1) is 13.4. The molecular weight excluding hydrogens is 426 g/mol. The van der Waals surface area contributed by atoms with Gasteiger partial charge in [-0.1, -0.05) is 23.2 Å². The molecule has 0 saturated heterocycles. The summed E-state index contributed by atoms with van der Waals surface area (Å²) in [6.07, 6.45) is 0.612. The lowest BCUT2D eigenvalue weighted by molar-refractivity contribution is -0.118. The van der Waals surface area contributed by atoms with Crippen LogP contribution in [-0.2, 0) is 9.59 Å². The summed E-state index contributed by atoms with van der Waals surface area (Å²) in [5.74, 6) is 0.0523. The van der Waals surface area contributed by atoms with Crippen molar-refractivity contribution in [2.24, 2.45) is 0 Å². The van der Waals surface area contributed by atoms with E-state index in [-0.39, 0.29) is 29.1 Å². The lowest BCUT2D eigenvalue weighted by atomic mass is 10.3. The van der Waals surface area contributed by atoms with Crippen LogP contribution in [0, 0.1) is 5.82 Å². The number of thioether (sulfide) groups is 1. The Hall–Kier alpha value is -1.96. The predicted molar refractivity (Wildman–Crippen MR) is 112 cm³/mol. The Labute approximate surface area is 176 Å². The van der Waals surface area contributed by atoms with Gasteiger partial charge in [0.2, 0.25) is 11.8 Å². The average Bonchev–Trinajstić information content (AvgIpc) is 2.65. The van der Waals surface area contributed by atoms with Crippen molar-refractivity contribution >= 4 is 52.5 Å². The van der Waals surface area contributed by atoms with E-state index < -0.39 is 0 Å². The molecule has 2 N–H and O–H groups in total. The molecule has 9 heteroatoms. The summed E-state index contributed by atoms with van der Waals surface area (Å²) in [6, 6.07) is 10.5. The third-order valence-electron chi connectivity index (χ3n) is 3.39. The summed E-state index contributed by atoms with van der Waals surface area (Å²) in [5, 5.41) is 6.36. The third kappa shape index (κ3) is 8.37. The van der Waals surface area contributed by atoms with E-state index in [1.165, 1.54) is 36.0 Å². The summed E-state index contributed by atoms with van der Waals surface area (Å²) in [4.78, 5) is 23.5. The van der Waals surface area contributed by atoms with Gasteiger partial charge in [-0.25, -0.2) is 4.39 Å². The summed E-state index contributed by atoms with van der Waals surface area (Å²) >= 11 is 13.0. The fraction of sp³-hybridized carbons (Fsp3) is 0.263. The van der Waals surface area contributed by atoms with Crippen molar-refractivity contribution in [1.82, 2.24) is 5.32 Å². The summed E-state index contributed by atoms with van der Waals surface area (Å²) in [7, 11) is 0. The minimum Gasteiger partial charge on any atom is -0.492 e. The van der Waals surface area contributed by atoms with Gasteiger partial charge in [0.15, 0.2) is 0 Å². The number of nitrogens with one attached hydrogen (secondary N) is 2. The molecule has 0 atom stereocenters. The molecule has 0 aliphatic rings. The van der Waals surface area contributed by atoms with Crippen LogP contribution in [0.2, 0.25) is 10.0 Å². The number of rotatable bonds is 10. The number of amides is 2. The number of hydrogen-bond donors (Lipinski definition) is 2. The highest BCUT2D eigenvalue weighted by molar-refractivity contribution is 8.00. The van der Waals surface area contributed by atoms with Gasteiger partial charge < -0.3 is 15.4 Å². The number of ether oxygens (including phenoxy) is 1. The van der Waals surface area contributed by atoms with Crippen molar-refractivity contribution in [1.29, 1.82) is 0 Å². The zero-order valence-electron chi connectivity index (χ0n) is 14.8. The maximum Gasteiger partial charge on any atom is 0.234 e. The molecule has 0 fully saturated rings. The van der Waals surface area contributed by atoms with Gasteiger partial charge in [-0.3, -0.25) is 9.59 Å². The fourth-order valence-corrected chi connectivity index (χ4v) is 3.20. The first-order valence-corrected chi connectivity index (χ1v) is 10.3. The Morgan fingerprint density at radius 2 is 1.75 bits per heavy atom. The monoisotopic (exact) mass is 444 g/mol. The molecule has 2 aromatic rings. The van der Waals surface area contributed by atoms with Gasteiger partial charge in [0.1, 0.15) is 11.6 Å². The summed E-state index contributed by atoms with van der Waals surface area (Å²) in [5.41, 5.74) is 0.511. The molecule has 0 aliphatic carbocycles. The normalized spacial score (nSPS) is 10.4. The zero-order chi connectivity index (χ0) is 20.4. The molecule has 5 nitrogen and oxygen atoms in total. The number of carbonyl (C=O) groups is 2. The molecule has 0 spiro atoms. The maximum absolute atomic E-state index is 12.8. The van der Waals surface area contributed by atoms with Gasteiger partial charge in [-0.2, -0.15) is 0 Å². The second-order valence-corrected chi connectivity index (χ2v) is 7.50. The van der Waals surface area contributed by atoms with Gasteiger partial charge >= 0.3 is 0 Å². The Bertz CT molecular complexity index is 806. The predicted octanol–water partition coefficient (Wildman–Crippen LogP) is 4.39. The first kappa shape index (κ1) is 22.3. The molecule has 0 heterocycles. The smallest absolute Gasteiger partial charge is 0.234 e. The average molecular weight is 445 g/mol. The molecule has 28 heavy (non-hydrogen) atoms.